The highest BCUT2D eigenvalue weighted by molar-refractivity contribution is 5.99. The normalized spacial score (nSPS) is 18.8. The first kappa shape index (κ1) is 40.5. The van der Waals surface area contributed by atoms with Crippen molar-refractivity contribution in [3.05, 3.63) is 106 Å². The Balaban J connectivity index is 1.31. The molecule has 1 aliphatic rings. The molecule has 8 aromatic rings. The van der Waals surface area contributed by atoms with Crippen molar-refractivity contribution in [2.24, 2.45) is 0 Å². The molecule has 0 bridgehead atoms. The molecule has 0 N–H and O–H groups in total. The number of imidazole rings is 2. The van der Waals surface area contributed by atoms with E-state index in [-0.39, 0.29) is 33.0 Å². The first-order valence-corrected chi connectivity index (χ1v) is 22.4. The van der Waals surface area contributed by atoms with Crippen LogP contribution in [0.15, 0.2) is 60.7 Å². The third-order valence-corrected chi connectivity index (χ3v) is 14.6. The Kier molecular flexibility index (Phi) is 8.81. The molecule has 6 heterocycles. The number of halogens is 1. The largest absolute Gasteiger partial charge is 0.299 e. The van der Waals surface area contributed by atoms with Crippen LogP contribution in [0, 0.1) is 26.6 Å². The number of hydrogen-bond acceptors (Lipinski definition) is 2. The zero-order valence-electron chi connectivity index (χ0n) is 38.9. The molecule has 5 aromatic heterocycles. The second-order valence-corrected chi connectivity index (χ2v) is 21.5. The van der Waals surface area contributed by atoms with Gasteiger partial charge in [-0.1, -0.05) is 88.3 Å². The van der Waals surface area contributed by atoms with Crippen molar-refractivity contribution in [3.63, 3.8) is 0 Å². The lowest BCUT2D eigenvalue weighted by Gasteiger charge is -2.49. The highest BCUT2D eigenvalue weighted by Gasteiger charge is 2.58. The average molecular weight is 805 g/mol. The van der Waals surface area contributed by atoms with Crippen molar-refractivity contribution in [2.75, 3.05) is 0 Å². The average Bonchev–Trinajstić information content (AvgIpc) is 3.67. The van der Waals surface area contributed by atoms with E-state index < -0.39 is 0 Å². The lowest BCUT2D eigenvalue weighted by atomic mass is 9.58. The first-order valence-electron chi connectivity index (χ1n) is 22.4. The summed E-state index contributed by atoms with van der Waals surface area (Å²) in [6.45, 7) is 35.0. The molecule has 2 atom stereocenters. The van der Waals surface area contributed by atoms with Crippen molar-refractivity contribution in [1.82, 2.24) is 18.8 Å². The summed E-state index contributed by atoms with van der Waals surface area (Å²) >= 11 is 0. The van der Waals surface area contributed by atoms with Crippen LogP contribution < -0.4 is 9.13 Å². The number of para-hydroxylation sites is 2. The standard InChI is InChI=1S/C53H65FN6/c1-16-52(15)53(17-2,35-28-34(54)29-36-45(35)47-59(48(56-36)51(12,13)14)38-21-18-19-22-39(38)60(47)52)23-20-24-57-40-25-31(3)32(4)26-41(40)58-43(50(9,10)11)30-37-44(46(57)58)33(5)27-42(55-37)49(6,7)8/h18-19,21-22,25-30H,16-17,20,23-24H2,1-15H3/q+2. The van der Waals surface area contributed by atoms with Crippen LogP contribution in [0.2, 0.25) is 0 Å². The van der Waals surface area contributed by atoms with Crippen LogP contribution in [-0.2, 0) is 33.7 Å². The monoisotopic (exact) mass is 805 g/mol. The van der Waals surface area contributed by atoms with Gasteiger partial charge in [-0.3, -0.25) is 4.98 Å². The number of aromatic nitrogens is 6. The van der Waals surface area contributed by atoms with Crippen molar-refractivity contribution >= 4 is 55.2 Å². The second kappa shape index (κ2) is 13.0. The topological polar surface area (TPSA) is 42.4 Å². The predicted molar refractivity (Wildman–Crippen MR) is 246 cm³/mol. The Labute approximate surface area is 355 Å². The number of fused-ring (bicyclic) bond motifs is 8. The fourth-order valence-electron chi connectivity index (χ4n) is 11.2. The smallest absolute Gasteiger partial charge is 0.252 e. The zero-order valence-corrected chi connectivity index (χ0v) is 38.9. The van der Waals surface area contributed by atoms with Crippen LogP contribution in [0.3, 0.4) is 0 Å². The number of pyridine rings is 2. The minimum atomic E-state index is -0.383. The van der Waals surface area contributed by atoms with E-state index in [4.69, 9.17) is 9.97 Å². The summed E-state index contributed by atoms with van der Waals surface area (Å²) in [6, 6.07) is 21.8. The van der Waals surface area contributed by atoms with Gasteiger partial charge >= 0.3 is 0 Å². The summed E-state index contributed by atoms with van der Waals surface area (Å²) < 4.78 is 26.5. The Bertz CT molecular complexity index is 3110. The molecule has 0 saturated heterocycles. The van der Waals surface area contributed by atoms with E-state index in [1.807, 2.05) is 6.07 Å². The van der Waals surface area contributed by atoms with Crippen molar-refractivity contribution in [1.29, 1.82) is 0 Å². The quantitative estimate of drug-likeness (QED) is 0.157. The zero-order chi connectivity index (χ0) is 43.2. The van der Waals surface area contributed by atoms with Crippen molar-refractivity contribution in [2.45, 2.75) is 163 Å². The van der Waals surface area contributed by atoms with E-state index in [0.29, 0.717) is 0 Å². The molecule has 0 saturated carbocycles. The lowest BCUT2D eigenvalue weighted by Crippen LogP contribution is -2.67. The van der Waals surface area contributed by atoms with Crippen LogP contribution in [0.5, 0.6) is 0 Å². The minimum Gasteiger partial charge on any atom is -0.252 e. The summed E-state index contributed by atoms with van der Waals surface area (Å²) in [5, 5.41) is 2.30. The molecule has 0 radical (unpaired) electrons. The van der Waals surface area contributed by atoms with Gasteiger partial charge in [-0.2, -0.15) is 8.80 Å². The van der Waals surface area contributed by atoms with Crippen molar-refractivity contribution in [3.8, 4) is 0 Å². The van der Waals surface area contributed by atoms with Gasteiger partial charge in [-0.25, -0.2) is 18.5 Å². The molecule has 9 rings (SSSR count). The number of aryl methyl sites for hydroxylation is 4. The van der Waals surface area contributed by atoms with Gasteiger partial charge in [0.05, 0.1) is 28.4 Å². The molecule has 312 valence electrons. The van der Waals surface area contributed by atoms with Crippen molar-refractivity contribution < 1.29 is 13.5 Å². The Morgan fingerprint density at radius 2 is 1.35 bits per heavy atom. The molecule has 0 aliphatic carbocycles. The van der Waals surface area contributed by atoms with Gasteiger partial charge in [0.2, 0.25) is 5.82 Å². The third-order valence-electron chi connectivity index (χ3n) is 14.6. The molecule has 3 aromatic carbocycles. The third kappa shape index (κ3) is 5.48. The van der Waals surface area contributed by atoms with Gasteiger partial charge in [0.15, 0.2) is 22.1 Å². The van der Waals surface area contributed by atoms with E-state index >= 15 is 4.39 Å². The van der Waals surface area contributed by atoms with E-state index in [2.05, 4.69) is 170 Å². The first-order chi connectivity index (χ1) is 28.1. The van der Waals surface area contributed by atoms with Gasteiger partial charge in [-0.15, -0.1) is 0 Å². The summed E-state index contributed by atoms with van der Waals surface area (Å²) in [4.78, 5) is 10.8. The maximum atomic E-state index is 16.3. The summed E-state index contributed by atoms with van der Waals surface area (Å²) in [7, 11) is 0. The summed E-state index contributed by atoms with van der Waals surface area (Å²) in [5.74, 6) is 0.744. The Morgan fingerprint density at radius 1 is 0.667 bits per heavy atom. The second-order valence-electron chi connectivity index (χ2n) is 21.5. The molecule has 7 heteroatoms. The van der Waals surface area contributed by atoms with Gasteiger partial charge in [0.1, 0.15) is 17.1 Å². The van der Waals surface area contributed by atoms with E-state index in [0.717, 1.165) is 76.9 Å². The molecule has 6 nitrogen and oxygen atoms in total. The number of benzene rings is 3. The fraction of sp³-hybridized carbons (Fsp3) is 0.472. The Hall–Kier alpha value is -4.91. The highest BCUT2D eigenvalue weighted by atomic mass is 19.1. The molecule has 0 amide bonds. The summed E-state index contributed by atoms with van der Waals surface area (Å²) in [5.41, 5.74) is 15.1. The minimum absolute atomic E-state index is 0.0792. The molecule has 0 spiro atoms. The maximum Gasteiger partial charge on any atom is 0.299 e. The lowest BCUT2D eigenvalue weighted by molar-refractivity contribution is -0.730. The van der Waals surface area contributed by atoms with Crippen LogP contribution in [-0.4, -0.2) is 18.8 Å². The van der Waals surface area contributed by atoms with Crippen LogP contribution >= 0.6 is 0 Å². The van der Waals surface area contributed by atoms with Gasteiger partial charge in [0.25, 0.3) is 11.3 Å². The molecule has 0 fully saturated rings. The molecule has 60 heavy (non-hydrogen) atoms. The molecular weight excluding hydrogens is 740 g/mol. The molecule has 2 unspecified atom stereocenters. The maximum absolute atomic E-state index is 16.3. The number of hydrogen-bond donors (Lipinski definition) is 0. The van der Waals surface area contributed by atoms with E-state index in [1.54, 1.807) is 6.07 Å². The van der Waals surface area contributed by atoms with E-state index in [1.165, 1.54) is 50.0 Å². The fourth-order valence-corrected chi connectivity index (χ4v) is 11.2. The van der Waals surface area contributed by atoms with Gasteiger partial charge < -0.3 is 0 Å². The van der Waals surface area contributed by atoms with Gasteiger partial charge in [0, 0.05) is 39.5 Å². The van der Waals surface area contributed by atoms with Crippen LogP contribution in [0.1, 0.15) is 148 Å². The number of nitrogens with zero attached hydrogens (tertiary/aromatic N) is 6. The van der Waals surface area contributed by atoms with Gasteiger partial charge in [-0.05, 0) is 112 Å². The van der Waals surface area contributed by atoms with E-state index in [9.17, 15) is 0 Å². The number of rotatable bonds is 6. The molecule has 1 aliphatic heterocycles. The molecular formula is C53H65FN6+2. The van der Waals surface area contributed by atoms with Crippen LogP contribution in [0.25, 0.3) is 55.2 Å². The Morgan fingerprint density at radius 3 is 2.00 bits per heavy atom. The SMILES string of the molecule is CCC1(CCC[n+]2c3cc(C)c(C)cc3n3c(C(C)(C)C)cc4nc(C(C)(C)C)cc(C)c4c32)c2cc(F)cc3nc(C(C)(C)C)n4c5ccccc5[n+](c4c23)C1(C)CC. The highest BCUT2D eigenvalue weighted by Crippen LogP contribution is 2.53. The predicted octanol–water partition coefficient (Wildman–Crippen LogP) is 12.4. The van der Waals surface area contributed by atoms with Crippen LogP contribution in [0.4, 0.5) is 4.39 Å². The summed E-state index contributed by atoms with van der Waals surface area (Å²) in [6.07, 6.45) is 3.54.